The molecule has 2 aliphatic heterocycles. The molecule has 23 heavy (non-hydrogen) atoms. The second-order valence-corrected chi connectivity index (χ2v) is 5.81. The zero-order valence-electron chi connectivity index (χ0n) is 13.5. The number of ether oxygens (including phenoxy) is 2. The van der Waals surface area contributed by atoms with Crippen LogP contribution >= 0.6 is 0 Å². The van der Waals surface area contributed by atoms with Crippen LogP contribution in [0.15, 0.2) is 23.3 Å². The first-order chi connectivity index (χ1) is 11.0. The van der Waals surface area contributed by atoms with Crippen LogP contribution < -0.4 is 5.32 Å². The van der Waals surface area contributed by atoms with Gasteiger partial charge in [-0.25, -0.2) is 4.79 Å². The molecule has 1 fully saturated rings. The van der Waals surface area contributed by atoms with Crippen molar-refractivity contribution in [1.82, 2.24) is 5.32 Å². The Morgan fingerprint density at radius 2 is 2.04 bits per heavy atom. The molecule has 6 heteroatoms. The SMILES string of the molecule is C=C(C(=O)OCCC1CO1)C1=C(CCCCCC)C(=O)NC1=O. The second kappa shape index (κ2) is 8.06. The summed E-state index contributed by atoms with van der Waals surface area (Å²) in [7, 11) is 0. The lowest BCUT2D eigenvalue weighted by Crippen LogP contribution is -2.24. The Morgan fingerprint density at radius 3 is 2.70 bits per heavy atom. The van der Waals surface area contributed by atoms with Gasteiger partial charge in [0.1, 0.15) is 0 Å². The summed E-state index contributed by atoms with van der Waals surface area (Å²) in [6, 6.07) is 0. The van der Waals surface area contributed by atoms with Crippen LogP contribution in [0.25, 0.3) is 0 Å². The first kappa shape index (κ1) is 17.4. The number of nitrogens with one attached hydrogen (secondary N) is 1. The third kappa shape index (κ3) is 4.76. The molecule has 0 radical (unpaired) electrons. The van der Waals surface area contributed by atoms with Gasteiger partial charge in [0.05, 0.1) is 30.5 Å². The lowest BCUT2D eigenvalue weighted by Gasteiger charge is -2.08. The number of epoxide rings is 1. The first-order valence-corrected chi connectivity index (χ1v) is 8.11. The lowest BCUT2D eigenvalue weighted by molar-refractivity contribution is -0.139. The molecule has 1 unspecified atom stereocenters. The van der Waals surface area contributed by atoms with E-state index in [4.69, 9.17) is 9.47 Å². The summed E-state index contributed by atoms with van der Waals surface area (Å²) in [6.07, 6.45) is 5.20. The standard InChI is InChI=1S/C17H23NO5/c1-3-4-5-6-7-13-14(16(20)18-15(13)19)11(2)17(21)22-9-8-12-10-23-12/h12H,2-10H2,1H3,(H,18,19,20). The summed E-state index contributed by atoms with van der Waals surface area (Å²) in [5, 5.41) is 2.24. The average molecular weight is 321 g/mol. The van der Waals surface area contributed by atoms with Crippen molar-refractivity contribution in [3.05, 3.63) is 23.3 Å². The first-order valence-electron chi connectivity index (χ1n) is 8.11. The lowest BCUT2D eigenvalue weighted by atomic mass is 9.98. The Balaban J connectivity index is 1.96. The number of amides is 2. The van der Waals surface area contributed by atoms with Gasteiger partial charge in [-0.3, -0.25) is 14.9 Å². The molecule has 0 saturated carbocycles. The fourth-order valence-electron chi connectivity index (χ4n) is 2.48. The molecular weight excluding hydrogens is 298 g/mol. The van der Waals surface area contributed by atoms with Crippen LogP contribution in [-0.4, -0.2) is 37.1 Å². The van der Waals surface area contributed by atoms with Gasteiger partial charge in [-0.2, -0.15) is 0 Å². The van der Waals surface area contributed by atoms with E-state index in [1.807, 2.05) is 0 Å². The molecule has 0 aromatic rings. The third-order valence-corrected chi connectivity index (χ3v) is 3.93. The predicted molar refractivity (Wildman–Crippen MR) is 83.4 cm³/mol. The summed E-state index contributed by atoms with van der Waals surface area (Å²) < 4.78 is 10.1. The van der Waals surface area contributed by atoms with Crippen molar-refractivity contribution < 1.29 is 23.9 Å². The van der Waals surface area contributed by atoms with Crippen LogP contribution in [0.2, 0.25) is 0 Å². The third-order valence-electron chi connectivity index (χ3n) is 3.93. The second-order valence-electron chi connectivity index (χ2n) is 5.81. The van der Waals surface area contributed by atoms with Crippen molar-refractivity contribution in [3.63, 3.8) is 0 Å². The summed E-state index contributed by atoms with van der Waals surface area (Å²) in [6.45, 7) is 6.67. The van der Waals surface area contributed by atoms with Crippen molar-refractivity contribution in [2.24, 2.45) is 0 Å². The fourth-order valence-corrected chi connectivity index (χ4v) is 2.48. The van der Waals surface area contributed by atoms with Crippen molar-refractivity contribution in [2.45, 2.75) is 51.6 Å². The molecule has 0 aliphatic carbocycles. The number of hydrogen-bond donors (Lipinski definition) is 1. The maximum Gasteiger partial charge on any atom is 0.338 e. The highest BCUT2D eigenvalue weighted by Crippen LogP contribution is 2.25. The molecule has 2 heterocycles. The van der Waals surface area contributed by atoms with Gasteiger partial charge in [0.15, 0.2) is 0 Å². The predicted octanol–water partition coefficient (Wildman–Crippen LogP) is 1.80. The van der Waals surface area contributed by atoms with E-state index in [9.17, 15) is 14.4 Å². The smallest absolute Gasteiger partial charge is 0.338 e. The van der Waals surface area contributed by atoms with E-state index < -0.39 is 17.8 Å². The molecule has 126 valence electrons. The van der Waals surface area contributed by atoms with Crippen LogP contribution in [0.4, 0.5) is 0 Å². The Hall–Kier alpha value is -1.95. The van der Waals surface area contributed by atoms with Crippen LogP contribution in [0.5, 0.6) is 0 Å². The number of carbonyl (C=O) groups is 3. The van der Waals surface area contributed by atoms with E-state index in [1.54, 1.807) is 0 Å². The normalized spacial score (nSPS) is 19.8. The summed E-state index contributed by atoms with van der Waals surface area (Å²) in [4.78, 5) is 35.9. The Kier molecular flexibility index (Phi) is 6.10. The van der Waals surface area contributed by atoms with E-state index >= 15 is 0 Å². The maximum atomic E-state index is 12.0. The maximum absolute atomic E-state index is 12.0. The zero-order chi connectivity index (χ0) is 16.8. The molecule has 1 atom stereocenters. The minimum atomic E-state index is -0.656. The highest BCUT2D eigenvalue weighted by Gasteiger charge is 2.34. The topological polar surface area (TPSA) is 85.0 Å². The number of carbonyl (C=O) groups excluding carboxylic acids is 3. The molecule has 1 N–H and O–H groups in total. The summed E-state index contributed by atoms with van der Waals surface area (Å²) in [5.74, 6) is -1.65. The number of imide groups is 1. The number of esters is 1. The minimum Gasteiger partial charge on any atom is -0.462 e. The Labute approximate surface area is 135 Å². The molecule has 2 amide bonds. The zero-order valence-corrected chi connectivity index (χ0v) is 13.5. The molecule has 0 aromatic heterocycles. The van der Waals surface area contributed by atoms with Crippen molar-refractivity contribution in [1.29, 1.82) is 0 Å². The van der Waals surface area contributed by atoms with E-state index in [1.165, 1.54) is 0 Å². The number of hydrogen-bond acceptors (Lipinski definition) is 5. The van der Waals surface area contributed by atoms with E-state index in [2.05, 4.69) is 18.8 Å². The molecule has 6 nitrogen and oxygen atoms in total. The quantitative estimate of drug-likeness (QED) is 0.218. The monoisotopic (exact) mass is 321 g/mol. The van der Waals surface area contributed by atoms with Crippen molar-refractivity contribution in [3.8, 4) is 0 Å². The van der Waals surface area contributed by atoms with Crippen LogP contribution in [0, 0.1) is 0 Å². The van der Waals surface area contributed by atoms with Crippen molar-refractivity contribution in [2.75, 3.05) is 13.2 Å². The molecule has 2 aliphatic rings. The van der Waals surface area contributed by atoms with Crippen LogP contribution in [0.1, 0.15) is 45.4 Å². The molecule has 1 saturated heterocycles. The van der Waals surface area contributed by atoms with Gasteiger partial charge in [-0.15, -0.1) is 0 Å². The van der Waals surface area contributed by atoms with E-state index in [0.29, 0.717) is 25.0 Å². The molecule has 0 bridgehead atoms. The molecular formula is C17H23NO5. The van der Waals surface area contributed by atoms with Gasteiger partial charge in [0, 0.05) is 12.0 Å². The van der Waals surface area contributed by atoms with Crippen LogP contribution in [-0.2, 0) is 23.9 Å². The van der Waals surface area contributed by atoms with Gasteiger partial charge in [-0.1, -0.05) is 32.8 Å². The average Bonchev–Trinajstić information content (AvgIpc) is 3.28. The number of rotatable bonds is 10. The van der Waals surface area contributed by atoms with Crippen molar-refractivity contribution >= 4 is 17.8 Å². The van der Waals surface area contributed by atoms with Gasteiger partial charge in [-0.05, 0) is 12.8 Å². The summed E-state index contributed by atoms with van der Waals surface area (Å²) >= 11 is 0. The highest BCUT2D eigenvalue weighted by atomic mass is 16.6. The Bertz CT molecular complexity index is 545. The number of unbranched alkanes of at least 4 members (excludes halogenated alkanes) is 3. The van der Waals surface area contributed by atoms with Gasteiger partial charge in [0.25, 0.3) is 11.8 Å². The molecule has 2 rings (SSSR count). The fraction of sp³-hybridized carbons (Fsp3) is 0.588. The van der Waals surface area contributed by atoms with E-state index in [0.717, 1.165) is 25.7 Å². The molecule has 0 aromatic carbocycles. The summed E-state index contributed by atoms with van der Waals surface area (Å²) in [5.41, 5.74) is 0.383. The van der Waals surface area contributed by atoms with Gasteiger partial charge >= 0.3 is 5.97 Å². The van der Waals surface area contributed by atoms with Gasteiger partial charge in [0.2, 0.25) is 0 Å². The largest absolute Gasteiger partial charge is 0.462 e. The highest BCUT2D eigenvalue weighted by molar-refractivity contribution is 6.24. The minimum absolute atomic E-state index is 0.0458. The van der Waals surface area contributed by atoms with E-state index in [-0.39, 0.29) is 23.9 Å². The van der Waals surface area contributed by atoms with Gasteiger partial charge < -0.3 is 9.47 Å². The molecule has 0 spiro atoms. The Morgan fingerprint density at radius 1 is 1.30 bits per heavy atom. The van der Waals surface area contributed by atoms with Crippen LogP contribution in [0.3, 0.4) is 0 Å².